The molecule has 1 aliphatic heterocycles. The predicted octanol–water partition coefficient (Wildman–Crippen LogP) is -0.524. The van der Waals surface area contributed by atoms with Gasteiger partial charge in [0.15, 0.2) is 0 Å². The van der Waals surface area contributed by atoms with Crippen LogP contribution in [0.15, 0.2) is 0 Å². The first kappa shape index (κ1) is 14.4. The first-order valence-corrected chi connectivity index (χ1v) is 6.45. The van der Waals surface area contributed by atoms with E-state index >= 15 is 0 Å². The van der Waals surface area contributed by atoms with Gasteiger partial charge in [0.1, 0.15) is 0 Å². The van der Waals surface area contributed by atoms with Gasteiger partial charge < -0.3 is 16.0 Å². The summed E-state index contributed by atoms with van der Waals surface area (Å²) in [6, 6.07) is 0.782. The van der Waals surface area contributed by atoms with Crippen molar-refractivity contribution in [3.63, 3.8) is 0 Å². The molecule has 0 spiro atoms. The summed E-state index contributed by atoms with van der Waals surface area (Å²) in [5.41, 5.74) is 5.78. The van der Waals surface area contributed by atoms with Crippen LogP contribution < -0.4 is 11.1 Å². The minimum absolute atomic E-state index is 0.108. The summed E-state index contributed by atoms with van der Waals surface area (Å²) in [5.74, 6) is 0.108. The van der Waals surface area contributed by atoms with Crippen molar-refractivity contribution in [3.8, 4) is 0 Å². The van der Waals surface area contributed by atoms with Crippen LogP contribution in [0.3, 0.4) is 0 Å². The second kappa shape index (κ2) is 6.93. The van der Waals surface area contributed by atoms with E-state index in [1.165, 1.54) is 6.42 Å². The third-order valence-corrected chi connectivity index (χ3v) is 3.51. The standard InChI is InChI=1S/C12H26N4O/c1-4-14-12(17)7-11(8-13)16-6-5-10(9-16)15(2)3/h10-11H,4-9,13H2,1-3H3,(H,14,17). The number of likely N-dealkylation sites (N-methyl/N-ethyl adjacent to an activating group) is 1. The molecule has 0 bridgehead atoms. The molecular formula is C12H26N4O. The molecule has 1 heterocycles. The van der Waals surface area contributed by atoms with Crippen molar-refractivity contribution in [2.75, 3.05) is 40.3 Å². The van der Waals surface area contributed by atoms with Crippen LogP contribution in [0.4, 0.5) is 0 Å². The van der Waals surface area contributed by atoms with E-state index in [1.807, 2.05) is 6.92 Å². The maximum atomic E-state index is 11.6. The highest BCUT2D eigenvalue weighted by Gasteiger charge is 2.29. The number of rotatable bonds is 6. The van der Waals surface area contributed by atoms with E-state index in [4.69, 9.17) is 5.73 Å². The van der Waals surface area contributed by atoms with Crippen LogP contribution in [-0.4, -0.2) is 68.1 Å². The molecule has 3 N–H and O–H groups in total. The minimum Gasteiger partial charge on any atom is -0.356 e. The molecule has 1 amide bonds. The molecule has 0 aromatic carbocycles. The van der Waals surface area contributed by atoms with Gasteiger partial charge in [-0.2, -0.15) is 0 Å². The molecule has 1 aliphatic rings. The molecule has 17 heavy (non-hydrogen) atoms. The molecule has 2 atom stereocenters. The van der Waals surface area contributed by atoms with E-state index in [0.29, 0.717) is 25.6 Å². The lowest BCUT2D eigenvalue weighted by atomic mass is 10.1. The number of carbonyl (C=O) groups excluding carboxylic acids is 1. The van der Waals surface area contributed by atoms with Crippen molar-refractivity contribution in [2.24, 2.45) is 5.73 Å². The van der Waals surface area contributed by atoms with E-state index in [0.717, 1.165) is 13.1 Å². The largest absolute Gasteiger partial charge is 0.356 e. The smallest absolute Gasteiger partial charge is 0.221 e. The van der Waals surface area contributed by atoms with Crippen molar-refractivity contribution in [2.45, 2.75) is 31.8 Å². The molecule has 1 rings (SSSR count). The zero-order chi connectivity index (χ0) is 12.8. The average molecular weight is 242 g/mol. The van der Waals surface area contributed by atoms with Gasteiger partial charge in [-0.05, 0) is 27.4 Å². The van der Waals surface area contributed by atoms with Crippen molar-refractivity contribution >= 4 is 5.91 Å². The molecule has 0 aliphatic carbocycles. The van der Waals surface area contributed by atoms with E-state index in [-0.39, 0.29) is 11.9 Å². The normalized spacial score (nSPS) is 23.0. The quantitative estimate of drug-likeness (QED) is 0.658. The summed E-state index contributed by atoms with van der Waals surface area (Å²) >= 11 is 0. The number of carbonyl (C=O) groups is 1. The van der Waals surface area contributed by atoms with E-state index in [2.05, 4.69) is 29.2 Å². The monoisotopic (exact) mass is 242 g/mol. The highest BCUT2D eigenvalue weighted by atomic mass is 16.1. The van der Waals surface area contributed by atoms with Crippen LogP contribution >= 0.6 is 0 Å². The second-order valence-corrected chi connectivity index (χ2v) is 4.95. The highest BCUT2D eigenvalue weighted by Crippen LogP contribution is 2.17. The molecule has 100 valence electrons. The number of nitrogens with two attached hydrogens (primary N) is 1. The van der Waals surface area contributed by atoms with Crippen molar-refractivity contribution in [1.29, 1.82) is 0 Å². The summed E-state index contributed by atoms with van der Waals surface area (Å²) in [7, 11) is 4.21. The number of hydrogen-bond acceptors (Lipinski definition) is 4. The Balaban J connectivity index is 2.43. The third kappa shape index (κ3) is 4.26. The van der Waals surface area contributed by atoms with Crippen LogP contribution in [0, 0.1) is 0 Å². The SMILES string of the molecule is CCNC(=O)CC(CN)N1CCC(N(C)C)C1. The number of amides is 1. The lowest BCUT2D eigenvalue weighted by Gasteiger charge is -2.27. The molecule has 0 saturated carbocycles. The Kier molecular flexibility index (Phi) is 5.88. The molecule has 1 saturated heterocycles. The fourth-order valence-corrected chi connectivity index (χ4v) is 2.37. The van der Waals surface area contributed by atoms with Crippen LogP contribution in [-0.2, 0) is 4.79 Å². The fraction of sp³-hybridized carbons (Fsp3) is 0.917. The molecule has 2 unspecified atom stereocenters. The number of hydrogen-bond donors (Lipinski definition) is 2. The van der Waals surface area contributed by atoms with Gasteiger partial charge in [0.05, 0.1) is 0 Å². The van der Waals surface area contributed by atoms with Gasteiger partial charge in [0, 0.05) is 44.7 Å². The summed E-state index contributed by atoms with van der Waals surface area (Å²) in [6.07, 6.45) is 1.68. The predicted molar refractivity (Wildman–Crippen MR) is 69.8 cm³/mol. The van der Waals surface area contributed by atoms with Gasteiger partial charge in [-0.25, -0.2) is 0 Å². The Labute approximate surface area is 104 Å². The van der Waals surface area contributed by atoms with Gasteiger partial charge in [0.25, 0.3) is 0 Å². The van der Waals surface area contributed by atoms with Crippen LogP contribution in [0.2, 0.25) is 0 Å². The average Bonchev–Trinajstić information content (AvgIpc) is 2.75. The molecule has 0 aromatic rings. The Hall–Kier alpha value is -0.650. The molecule has 0 radical (unpaired) electrons. The van der Waals surface area contributed by atoms with Crippen LogP contribution in [0.1, 0.15) is 19.8 Å². The maximum absolute atomic E-state index is 11.6. The number of nitrogens with one attached hydrogen (secondary N) is 1. The van der Waals surface area contributed by atoms with Gasteiger partial charge in [0.2, 0.25) is 5.91 Å². The Bertz CT molecular complexity index is 245. The van der Waals surface area contributed by atoms with Crippen molar-refractivity contribution in [3.05, 3.63) is 0 Å². The summed E-state index contributed by atoms with van der Waals surface area (Å²) in [6.45, 7) is 5.25. The first-order valence-electron chi connectivity index (χ1n) is 6.45. The summed E-state index contributed by atoms with van der Waals surface area (Å²) in [5, 5.41) is 2.84. The Morgan fingerprint density at radius 2 is 2.29 bits per heavy atom. The van der Waals surface area contributed by atoms with Gasteiger partial charge in [-0.1, -0.05) is 0 Å². The lowest BCUT2D eigenvalue weighted by Crippen LogP contribution is -2.44. The van der Waals surface area contributed by atoms with Crippen molar-refractivity contribution < 1.29 is 4.79 Å². The molecule has 5 heteroatoms. The van der Waals surface area contributed by atoms with Crippen LogP contribution in [0.25, 0.3) is 0 Å². The highest BCUT2D eigenvalue weighted by molar-refractivity contribution is 5.76. The summed E-state index contributed by atoms with van der Waals surface area (Å²) < 4.78 is 0. The minimum atomic E-state index is 0.108. The third-order valence-electron chi connectivity index (χ3n) is 3.51. The first-order chi connectivity index (χ1) is 8.08. The van der Waals surface area contributed by atoms with Gasteiger partial charge in [-0.3, -0.25) is 9.69 Å². The molecular weight excluding hydrogens is 216 g/mol. The lowest BCUT2D eigenvalue weighted by molar-refractivity contribution is -0.122. The van der Waals surface area contributed by atoms with Crippen molar-refractivity contribution in [1.82, 2.24) is 15.1 Å². The van der Waals surface area contributed by atoms with Gasteiger partial charge in [-0.15, -0.1) is 0 Å². The van der Waals surface area contributed by atoms with E-state index < -0.39 is 0 Å². The zero-order valence-corrected chi connectivity index (χ0v) is 11.3. The Morgan fingerprint density at radius 1 is 1.59 bits per heavy atom. The van der Waals surface area contributed by atoms with E-state index in [1.54, 1.807) is 0 Å². The fourth-order valence-electron chi connectivity index (χ4n) is 2.37. The topological polar surface area (TPSA) is 61.6 Å². The molecule has 0 aromatic heterocycles. The number of likely N-dealkylation sites (tertiary alicyclic amines) is 1. The zero-order valence-electron chi connectivity index (χ0n) is 11.3. The van der Waals surface area contributed by atoms with Gasteiger partial charge >= 0.3 is 0 Å². The second-order valence-electron chi connectivity index (χ2n) is 4.95. The summed E-state index contributed by atoms with van der Waals surface area (Å²) in [4.78, 5) is 16.2. The Morgan fingerprint density at radius 3 is 2.76 bits per heavy atom. The maximum Gasteiger partial charge on any atom is 0.221 e. The van der Waals surface area contributed by atoms with E-state index in [9.17, 15) is 4.79 Å². The molecule has 5 nitrogen and oxygen atoms in total. The number of nitrogens with zero attached hydrogens (tertiary/aromatic N) is 2. The molecule has 1 fully saturated rings. The van der Waals surface area contributed by atoms with Crippen LogP contribution in [0.5, 0.6) is 0 Å².